The fraction of sp³-hybridized carbons (Fsp3) is 0.143. The van der Waals surface area contributed by atoms with E-state index in [-0.39, 0.29) is 31.0 Å². The minimum atomic E-state index is -0.784. The molecular formula is C7H11NaOSi. The molecule has 1 rings (SSSR count). The molecule has 50 valence electrons. The third-order valence-electron chi connectivity index (χ3n) is 1.24. The predicted octanol–water partition coefficient (Wildman–Crippen LogP) is -2.62. The molecule has 0 fully saturated rings. The Balaban J connectivity index is 0. The van der Waals surface area contributed by atoms with E-state index >= 15 is 0 Å². The summed E-state index contributed by atoms with van der Waals surface area (Å²) in [6.07, 6.45) is 0. The van der Waals surface area contributed by atoms with Crippen LogP contribution in [0.5, 0.6) is 0 Å². The van der Waals surface area contributed by atoms with Crippen molar-refractivity contribution in [2.24, 2.45) is 0 Å². The van der Waals surface area contributed by atoms with Crippen molar-refractivity contribution >= 4 is 9.76 Å². The fourth-order valence-electron chi connectivity index (χ4n) is 0.774. The summed E-state index contributed by atoms with van der Waals surface area (Å²) in [7, 11) is -0.784. The predicted molar refractivity (Wildman–Crippen MR) is 42.0 cm³/mol. The van der Waals surface area contributed by atoms with Gasteiger partial charge in [-0.05, 0) is 11.6 Å². The fourth-order valence-corrected chi connectivity index (χ4v) is 1.37. The van der Waals surface area contributed by atoms with Gasteiger partial charge in [-0.1, -0.05) is 30.3 Å². The summed E-state index contributed by atoms with van der Waals surface area (Å²) in [4.78, 5) is 8.66. The van der Waals surface area contributed by atoms with Gasteiger partial charge in [0.2, 0.25) is 0 Å². The number of hydrogen-bond donors (Lipinski definition) is 1. The maximum Gasteiger partial charge on any atom is 1.00 e. The van der Waals surface area contributed by atoms with Crippen molar-refractivity contribution in [3.05, 3.63) is 35.9 Å². The molecule has 1 N–H and O–H groups in total. The first-order chi connectivity index (χ1) is 4.43. The third-order valence-corrected chi connectivity index (χ3v) is 2.04. The zero-order chi connectivity index (χ0) is 6.53. The zero-order valence-electron chi connectivity index (χ0n) is 7.25. The van der Waals surface area contributed by atoms with Gasteiger partial charge in [0, 0.05) is 0 Å². The molecule has 0 bridgehead atoms. The van der Waals surface area contributed by atoms with Gasteiger partial charge in [-0.3, -0.25) is 0 Å². The smallest absolute Gasteiger partial charge is 1.00 e. The molecule has 0 aromatic heterocycles. The normalized spacial score (nSPS) is 9.70. The molecule has 0 aliphatic carbocycles. The second kappa shape index (κ2) is 6.13. The van der Waals surface area contributed by atoms with E-state index in [2.05, 4.69) is 0 Å². The van der Waals surface area contributed by atoms with Crippen molar-refractivity contribution in [3.8, 4) is 0 Å². The molecule has 0 aliphatic rings. The van der Waals surface area contributed by atoms with Gasteiger partial charge in [0.15, 0.2) is 9.76 Å². The van der Waals surface area contributed by atoms with Gasteiger partial charge in [-0.25, -0.2) is 0 Å². The minimum Gasteiger partial charge on any atom is -1.00 e. The van der Waals surface area contributed by atoms with Crippen molar-refractivity contribution < 1.29 is 35.8 Å². The molecular weight excluding hydrogens is 151 g/mol. The molecule has 0 unspecified atom stereocenters. The Morgan fingerprint density at radius 1 is 1.30 bits per heavy atom. The molecule has 1 nitrogen and oxygen atoms in total. The molecule has 0 amide bonds. The van der Waals surface area contributed by atoms with Crippen molar-refractivity contribution in [1.82, 2.24) is 0 Å². The SMILES string of the molecule is O[SiH2]Cc1ccccc1.[H-].[Na+]. The van der Waals surface area contributed by atoms with Crippen LogP contribution < -0.4 is 29.6 Å². The van der Waals surface area contributed by atoms with Crippen LogP contribution >= 0.6 is 0 Å². The average Bonchev–Trinajstić information content (AvgIpc) is 1.91. The molecule has 10 heavy (non-hydrogen) atoms. The Hall–Kier alpha value is 0.397. The first-order valence-corrected chi connectivity index (χ1v) is 4.71. The molecule has 1 aromatic rings. The molecule has 1 aromatic carbocycles. The van der Waals surface area contributed by atoms with Gasteiger partial charge in [0.05, 0.1) is 0 Å². The van der Waals surface area contributed by atoms with Gasteiger partial charge in [0.1, 0.15) is 0 Å². The standard InChI is InChI=1S/C7H10OSi.Na.H/c8-9-6-7-4-2-1-3-5-7;;/h1-5,8H,6,9H2;;/q;+1;-1. The van der Waals surface area contributed by atoms with Crippen LogP contribution in [0, 0.1) is 0 Å². The molecule has 0 atom stereocenters. The van der Waals surface area contributed by atoms with Crippen molar-refractivity contribution in [1.29, 1.82) is 0 Å². The Labute approximate surface area is 87.2 Å². The molecule has 0 saturated carbocycles. The molecule has 0 radical (unpaired) electrons. The quantitative estimate of drug-likeness (QED) is 0.472. The number of hydrogen-bond acceptors (Lipinski definition) is 1. The van der Waals surface area contributed by atoms with E-state index in [1.165, 1.54) is 5.56 Å². The van der Waals surface area contributed by atoms with Crippen LogP contribution in [0.3, 0.4) is 0 Å². The van der Waals surface area contributed by atoms with Gasteiger partial charge in [0.25, 0.3) is 0 Å². The van der Waals surface area contributed by atoms with Crippen LogP contribution in [0.1, 0.15) is 6.99 Å². The van der Waals surface area contributed by atoms with Crippen molar-refractivity contribution in [3.63, 3.8) is 0 Å². The molecule has 0 spiro atoms. The van der Waals surface area contributed by atoms with E-state index in [0.29, 0.717) is 0 Å². The Morgan fingerprint density at radius 3 is 2.40 bits per heavy atom. The first-order valence-electron chi connectivity index (χ1n) is 3.08. The molecule has 3 heteroatoms. The summed E-state index contributed by atoms with van der Waals surface area (Å²) >= 11 is 0. The zero-order valence-corrected chi connectivity index (χ0v) is 9.66. The first kappa shape index (κ1) is 10.4. The number of rotatable bonds is 2. The van der Waals surface area contributed by atoms with Crippen LogP contribution in [0.2, 0.25) is 0 Å². The van der Waals surface area contributed by atoms with Gasteiger partial charge >= 0.3 is 29.6 Å². The second-order valence-corrected chi connectivity index (χ2v) is 2.91. The van der Waals surface area contributed by atoms with Crippen LogP contribution in [-0.2, 0) is 6.04 Å². The summed E-state index contributed by atoms with van der Waals surface area (Å²) < 4.78 is 0. The molecule has 0 saturated heterocycles. The van der Waals surface area contributed by atoms with E-state index < -0.39 is 9.76 Å². The van der Waals surface area contributed by atoms with E-state index in [4.69, 9.17) is 4.80 Å². The van der Waals surface area contributed by atoms with Crippen LogP contribution in [0.25, 0.3) is 0 Å². The maximum absolute atomic E-state index is 8.66. The van der Waals surface area contributed by atoms with Crippen molar-refractivity contribution in [2.75, 3.05) is 0 Å². The summed E-state index contributed by atoms with van der Waals surface area (Å²) in [5.41, 5.74) is 1.26. The van der Waals surface area contributed by atoms with E-state index in [1.54, 1.807) is 0 Å². The maximum atomic E-state index is 8.66. The second-order valence-electron chi connectivity index (χ2n) is 1.96. The number of benzene rings is 1. The van der Waals surface area contributed by atoms with Gasteiger partial charge < -0.3 is 6.22 Å². The summed E-state index contributed by atoms with van der Waals surface area (Å²) in [6, 6.07) is 11.0. The minimum absolute atomic E-state index is 0. The Kier molecular flexibility index (Phi) is 6.37. The topological polar surface area (TPSA) is 20.2 Å². The Morgan fingerprint density at radius 2 is 1.90 bits per heavy atom. The third kappa shape index (κ3) is 3.54. The van der Waals surface area contributed by atoms with Crippen LogP contribution in [-0.4, -0.2) is 14.6 Å². The summed E-state index contributed by atoms with van der Waals surface area (Å²) in [5, 5.41) is 0. The summed E-state index contributed by atoms with van der Waals surface area (Å²) in [5.74, 6) is 0. The van der Waals surface area contributed by atoms with Crippen LogP contribution in [0.4, 0.5) is 0 Å². The van der Waals surface area contributed by atoms with Gasteiger partial charge in [-0.2, -0.15) is 0 Å². The molecule has 0 aliphatic heterocycles. The molecule has 0 heterocycles. The Bertz CT molecular complexity index is 171. The largest absolute Gasteiger partial charge is 1.00 e. The van der Waals surface area contributed by atoms with E-state index in [9.17, 15) is 0 Å². The van der Waals surface area contributed by atoms with Gasteiger partial charge in [-0.15, -0.1) is 0 Å². The summed E-state index contributed by atoms with van der Waals surface area (Å²) in [6.45, 7) is 0. The average molecular weight is 162 g/mol. The van der Waals surface area contributed by atoms with E-state index in [1.807, 2.05) is 30.3 Å². The van der Waals surface area contributed by atoms with Crippen LogP contribution in [0.15, 0.2) is 30.3 Å². The van der Waals surface area contributed by atoms with E-state index in [0.717, 1.165) is 6.04 Å². The van der Waals surface area contributed by atoms with Crippen molar-refractivity contribution in [2.45, 2.75) is 6.04 Å². The monoisotopic (exact) mass is 162 g/mol.